The summed E-state index contributed by atoms with van der Waals surface area (Å²) in [6.07, 6.45) is 0.704. The molecule has 0 spiro atoms. The van der Waals surface area contributed by atoms with Crippen molar-refractivity contribution in [1.82, 2.24) is 10.4 Å². The van der Waals surface area contributed by atoms with E-state index in [1.807, 2.05) is 6.07 Å². The molecule has 17 heavy (non-hydrogen) atoms. The molecule has 2 fully saturated rings. The molecule has 1 saturated carbocycles. The van der Waals surface area contributed by atoms with Crippen molar-refractivity contribution < 1.29 is 19.5 Å². The van der Waals surface area contributed by atoms with Gasteiger partial charge >= 0.3 is 5.97 Å². The highest BCUT2D eigenvalue weighted by atomic mass is 16.7. The van der Waals surface area contributed by atoms with Crippen molar-refractivity contribution >= 4 is 11.9 Å². The van der Waals surface area contributed by atoms with E-state index in [1.54, 1.807) is 0 Å². The number of amides is 1. The van der Waals surface area contributed by atoms with Crippen LogP contribution >= 0.6 is 0 Å². The first-order valence-corrected chi connectivity index (χ1v) is 5.35. The van der Waals surface area contributed by atoms with Crippen molar-refractivity contribution in [3.05, 3.63) is 0 Å². The van der Waals surface area contributed by atoms with Gasteiger partial charge in [0.1, 0.15) is 5.54 Å². The Labute approximate surface area is 97.9 Å². The predicted molar refractivity (Wildman–Crippen MR) is 53.7 cm³/mol. The molecule has 1 heterocycles. The summed E-state index contributed by atoms with van der Waals surface area (Å²) in [5.74, 6) is -2.75. The van der Waals surface area contributed by atoms with Crippen molar-refractivity contribution in [2.24, 2.45) is 5.92 Å². The van der Waals surface area contributed by atoms with Crippen LogP contribution in [0.25, 0.3) is 0 Å². The highest BCUT2D eigenvalue weighted by molar-refractivity contribution is 5.99. The number of hydrogen-bond donors (Lipinski definition) is 2. The fourth-order valence-electron chi connectivity index (χ4n) is 1.94. The molecule has 92 valence electrons. The SMILES string of the molecule is CN1OC(=O)C(C(=O)NC2(C#N)CCC2)C1O. The van der Waals surface area contributed by atoms with E-state index >= 15 is 0 Å². The maximum Gasteiger partial charge on any atom is 0.341 e. The third-order valence-electron chi connectivity index (χ3n) is 3.22. The lowest BCUT2D eigenvalue weighted by Crippen LogP contribution is -2.55. The zero-order valence-electron chi connectivity index (χ0n) is 9.34. The Morgan fingerprint density at radius 2 is 2.35 bits per heavy atom. The average Bonchev–Trinajstić information content (AvgIpc) is 2.47. The van der Waals surface area contributed by atoms with E-state index in [0.717, 1.165) is 11.5 Å². The quantitative estimate of drug-likeness (QED) is 0.592. The number of rotatable bonds is 2. The number of hydrogen-bond acceptors (Lipinski definition) is 6. The van der Waals surface area contributed by atoms with E-state index < -0.39 is 29.6 Å². The van der Waals surface area contributed by atoms with Crippen LogP contribution in [0.15, 0.2) is 0 Å². The molecule has 0 bridgehead atoms. The summed E-state index contributed by atoms with van der Waals surface area (Å²) in [6, 6.07) is 2.03. The average molecular weight is 239 g/mol. The second-order valence-corrected chi connectivity index (χ2v) is 4.38. The highest BCUT2D eigenvalue weighted by Gasteiger charge is 2.49. The van der Waals surface area contributed by atoms with Crippen molar-refractivity contribution in [2.75, 3.05) is 7.05 Å². The maximum atomic E-state index is 11.8. The van der Waals surface area contributed by atoms with E-state index in [2.05, 4.69) is 10.2 Å². The molecule has 1 amide bonds. The van der Waals surface area contributed by atoms with E-state index in [0.29, 0.717) is 12.8 Å². The van der Waals surface area contributed by atoms with Crippen LogP contribution in [0.1, 0.15) is 19.3 Å². The van der Waals surface area contributed by atoms with E-state index in [9.17, 15) is 14.7 Å². The Hall–Kier alpha value is -1.65. The third-order valence-corrected chi connectivity index (χ3v) is 3.22. The molecule has 1 aliphatic carbocycles. The van der Waals surface area contributed by atoms with Crippen LogP contribution in [0.3, 0.4) is 0 Å². The molecule has 2 N–H and O–H groups in total. The summed E-state index contributed by atoms with van der Waals surface area (Å²) in [5, 5.41) is 22.0. The first-order chi connectivity index (χ1) is 7.99. The molecule has 0 radical (unpaired) electrons. The number of aliphatic hydroxyl groups is 1. The topological polar surface area (TPSA) is 103 Å². The van der Waals surface area contributed by atoms with E-state index in [4.69, 9.17) is 5.26 Å². The van der Waals surface area contributed by atoms with Gasteiger partial charge in [0.25, 0.3) is 0 Å². The summed E-state index contributed by atoms with van der Waals surface area (Å²) in [4.78, 5) is 27.8. The van der Waals surface area contributed by atoms with Crippen molar-refractivity contribution in [3.8, 4) is 6.07 Å². The molecule has 0 aromatic rings. The molecule has 2 aliphatic rings. The van der Waals surface area contributed by atoms with Gasteiger partial charge in [0.2, 0.25) is 5.91 Å². The summed E-state index contributed by atoms with van der Waals surface area (Å²) >= 11 is 0. The smallest absolute Gasteiger partial charge is 0.341 e. The van der Waals surface area contributed by atoms with Crippen LogP contribution < -0.4 is 5.32 Å². The van der Waals surface area contributed by atoms with Crippen LogP contribution in [0.4, 0.5) is 0 Å². The molecule has 2 unspecified atom stereocenters. The number of carbonyl (C=O) groups excluding carboxylic acids is 2. The van der Waals surface area contributed by atoms with E-state index in [1.165, 1.54) is 7.05 Å². The van der Waals surface area contributed by atoms with Crippen LogP contribution in [-0.2, 0) is 14.4 Å². The molecule has 0 aromatic heterocycles. The fraction of sp³-hybridized carbons (Fsp3) is 0.700. The number of nitrogens with one attached hydrogen (secondary N) is 1. The Bertz CT molecular complexity index is 399. The molecule has 2 atom stereocenters. The summed E-state index contributed by atoms with van der Waals surface area (Å²) in [6.45, 7) is 0. The largest absolute Gasteiger partial charge is 0.374 e. The number of nitrogens with zero attached hydrogens (tertiary/aromatic N) is 2. The lowest BCUT2D eigenvalue weighted by atomic mass is 9.77. The second-order valence-electron chi connectivity index (χ2n) is 4.38. The summed E-state index contributed by atoms with van der Waals surface area (Å²) < 4.78 is 0. The van der Waals surface area contributed by atoms with Gasteiger partial charge in [-0.1, -0.05) is 0 Å². The fourth-order valence-corrected chi connectivity index (χ4v) is 1.94. The van der Waals surface area contributed by atoms with Crippen molar-refractivity contribution in [3.63, 3.8) is 0 Å². The minimum absolute atomic E-state index is 0.572. The summed E-state index contributed by atoms with van der Waals surface area (Å²) in [7, 11) is 1.36. The monoisotopic (exact) mass is 239 g/mol. The van der Waals surface area contributed by atoms with Gasteiger partial charge in [-0.15, -0.1) is 5.06 Å². The van der Waals surface area contributed by atoms with Crippen LogP contribution in [0, 0.1) is 17.2 Å². The maximum absolute atomic E-state index is 11.8. The zero-order chi connectivity index (χ0) is 12.6. The Kier molecular flexibility index (Phi) is 2.77. The molecule has 1 saturated heterocycles. The van der Waals surface area contributed by atoms with Gasteiger partial charge in [0, 0.05) is 7.05 Å². The molecule has 7 nitrogen and oxygen atoms in total. The van der Waals surface area contributed by atoms with Gasteiger partial charge in [0.15, 0.2) is 12.1 Å². The van der Waals surface area contributed by atoms with Gasteiger partial charge in [-0.05, 0) is 19.3 Å². The van der Waals surface area contributed by atoms with Gasteiger partial charge < -0.3 is 15.3 Å². The zero-order valence-corrected chi connectivity index (χ0v) is 9.34. The first kappa shape index (κ1) is 11.8. The molecule has 7 heteroatoms. The number of carbonyl (C=O) groups is 2. The van der Waals surface area contributed by atoms with Crippen molar-refractivity contribution in [1.29, 1.82) is 5.26 Å². The number of hydroxylamine groups is 2. The standard InChI is InChI=1S/C10H13N3O4/c1-13-8(15)6(9(16)17-13)7(14)12-10(5-11)3-2-4-10/h6,8,15H,2-4H2,1H3,(H,12,14). The Balaban J connectivity index is 2.06. The Morgan fingerprint density at radius 3 is 2.71 bits per heavy atom. The van der Waals surface area contributed by atoms with Gasteiger partial charge in [-0.2, -0.15) is 5.26 Å². The first-order valence-electron chi connectivity index (χ1n) is 5.35. The highest BCUT2D eigenvalue weighted by Crippen LogP contribution is 2.32. The van der Waals surface area contributed by atoms with Crippen molar-refractivity contribution in [2.45, 2.75) is 31.0 Å². The molecular formula is C10H13N3O4. The Morgan fingerprint density at radius 1 is 1.71 bits per heavy atom. The minimum atomic E-state index is -1.31. The lowest BCUT2D eigenvalue weighted by Gasteiger charge is -2.36. The molecular weight excluding hydrogens is 226 g/mol. The lowest BCUT2D eigenvalue weighted by molar-refractivity contribution is -0.183. The normalized spacial score (nSPS) is 31.2. The third kappa shape index (κ3) is 1.85. The number of nitriles is 1. The second kappa shape index (κ2) is 3.98. The van der Waals surface area contributed by atoms with Crippen LogP contribution in [0.5, 0.6) is 0 Å². The van der Waals surface area contributed by atoms with Gasteiger partial charge in [0.05, 0.1) is 6.07 Å². The van der Waals surface area contributed by atoms with Gasteiger partial charge in [-0.25, -0.2) is 4.79 Å². The van der Waals surface area contributed by atoms with Crippen LogP contribution in [0.2, 0.25) is 0 Å². The summed E-state index contributed by atoms with van der Waals surface area (Å²) in [5.41, 5.74) is -0.877. The molecule has 2 rings (SSSR count). The van der Waals surface area contributed by atoms with E-state index in [-0.39, 0.29) is 0 Å². The minimum Gasteiger partial charge on any atom is -0.374 e. The number of aliphatic hydroxyl groups excluding tert-OH is 1. The molecule has 0 aromatic carbocycles. The van der Waals surface area contributed by atoms with Crippen LogP contribution in [-0.4, -0.2) is 40.9 Å². The molecule has 1 aliphatic heterocycles. The predicted octanol–water partition coefficient (Wildman–Crippen LogP) is -1.11. The van der Waals surface area contributed by atoms with Gasteiger partial charge in [-0.3, -0.25) is 4.79 Å².